The minimum Gasteiger partial charge on any atom is -0.102 e. The summed E-state index contributed by atoms with van der Waals surface area (Å²) < 4.78 is 0. The van der Waals surface area contributed by atoms with Gasteiger partial charge < -0.3 is 0 Å². The van der Waals surface area contributed by atoms with E-state index in [1.807, 2.05) is 0 Å². The molecule has 0 aromatic heterocycles. The first kappa shape index (κ1) is 71.7. The fourth-order valence-electron chi connectivity index (χ4n) is 3.22. The Morgan fingerprint density at radius 3 is 0.565 bits per heavy atom. The maximum atomic E-state index is 3.23. The smallest absolute Gasteiger partial charge is 0.0230 e. The second kappa shape index (κ2) is 28.2. The number of rotatable bonds is 1. The van der Waals surface area contributed by atoms with E-state index in [1.165, 1.54) is 6.42 Å². The number of allylic oxidation sites excluding steroid dienone is 8. The van der Waals surface area contributed by atoms with Gasteiger partial charge in [0.25, 0.3) is 0 Å². The van der Waals surface area contributed by atoms with Crippen molar-refractivity contribution in [1.29, 1.82) is 0 Å². The Kier molecular flexibility index (Phi) is 32.6. The van der Waals surface area contributed by atoms with Crippen molar-refractivity contribution in [2.45, 2.75) is 262 Å². The van der Waals surface area contributed by atoms with E-state index in [0.717, 1.165) is 6.42 Å². The summed E-state index contributed by atoms with van der Waals surface area (Å²) in [5.74, 6) is 12.9. The first-order valence-corrected chi connectivity index (χ1v) is 24.1. The fraction of sp³-hybridized carbons (Fsp3) is 0.806. The first-order valence-electron chi connectivity index (χ1n) is 24.1. The third kappa shape index (κ3) is 107. The highest BCUT2D eigenvalue weighted by molar-refractivity contribution is 5.12. The standard InChI is InChI=1S/C11H22.C11H20.3C10H20.C10H18/c2*1-10(2,3)8-7-9-11(4,5)6;4*1-9(2,3)7-8-10(4,5)6/h7-8H,9H2,1-6H3;8H2,1-6H3;3*7-8H,1-6H3;1-6H3/b8-7+;;8-7+;8-7-;;. The van der Waals surface area contributed by atoms with Gasteiger partial charge in [0.15, 0.2) is 0 Å². The summed E-state index contributed by atoms with van der Waals surface area (Å²) >= 11 is 0. The topological polar surface area (TPSA) is 0 Å². The van der Waals surface area contributed by atoms with Crippen LogP contribution in [0, 0.1) is 88.7 Å². The highest BCUT2D eigenvalue weighted by atomic mass is 14.2. The molecule has 0 N–H and O–H groups in total. The van der Waals surface area contributed by atoms with Crippen LogP contribution in [0.25, 0.3) is 0 Å². The van der Waals surface area contributed by atoms with Crippen LogP contribution in [0.15, 0.2) is 48.6 Å². The van der Waals surface area contributed by atoms with E-state index in [-0.39, 0.29) is 16.2 Å². The van der Waals surface area contributed by atoms with Gasteiger partial charge >= 0.3 is 0 Å². The molecule has 0 atom stereocenters. The Morgan fingerprint density at radius 2 is 0.435 bits per heavy atom. The molecule has 0 aliphatic carbocycles. The van der Waals surface area contributed by atoms with Crippen LogP contribution in [0.1, 0.15) is 262 Å². The SMILES string of the molecule is CC(C)(C)/C=C/C(C)(C)C.CC(C)(C)/C=C/CC(C)(C)C.CC(C)(C)/C=C\C(C)(C)C.CC(C)(C)C#CC(C)(C)C.CC(C)(C)C#CCC(C)(C)C.CC(C)(C)C=CC(C)(C)C. The summed E-state index contributed by atoms with van der Waals surface area (Å²) in [6.45, 7) is 79.2. The number of hydrogen-bond acceptors (Lipinski definition) is 0. The predicted octanol–water partition coefficient (Wildman–Crippen LogP) is 21.5. The maximum Gasteiger partial charge on any atom is 0.0230 e. The summed E-state index contributed by atoms with van der Waals surface area (Å²) in [5, 5.41) is 0. The average molecular weight is 866 g/mol. The molecule has 0 heterocycles. The van der Waals surface area contributed by atoms with Crippen LogP contribution >= 0.6 is 0 Å². The molecule has 0 saturated heterocycles. The third-order valence-electron chi connectivity index (χ3n) is 6.49. The van der Waals surface area contributed by atoms with Crippen molar-refractivity contribution < 1.29 is 0 Å². The van der Waals surface area contributed by atoms with Crippen LogP contribution in [0.3, 0.4) is 0 Å². The summed E-state index contributed by atoms with van der Waals surface area (Å²) in [6.07, 6.45) is 20.4. The molecule has 0 radical (unpaired) electrons. The molecule has 0 unspecified atom stereocenters. The van der Waals surface area contributed by atoms with Crippen LogP contribution in [-0.2, 0) is 0 Å². The van der Waals surface area contributed by atoms with E-state index in [4.69, 9.17) is 0 Å². The van der Waals surface area contributed by atoms with E-state index >= 15 is 0 Å². The molecule has 0 amide bonds. The van der Waals surface area contributed by atoms with E-state index in [1.54, 1.807) is 0 Å². The second-order valence-corrected chi connectivity index (χ2v) is 30.8. The molecule has 0 nitrogen and oxygen atoms in total. The Hall–Kier alpha value is -1.92. The molecule has 0 aromatic rings. The Labute approximate surface area is 397 Å². The second-order valence-electron chi connectivity index (χ2n) is 30.8. The lowest BCUT2D eigenvalue weighted by Crippen LogP contribution is -2.05. The third-order valence-corrected chi connectivity index (χ3v) is 6.49. The van der Waals surface area contributed by atoms with E-state index in [0.29, 0.717) is 48.7 Å². The molecule has 0 aromatic carbocycles. The summed E-state index contributed by atoms with van der Waals surface area (Å²) in [6, 6.07) is 0. The van der Waals surface area contributed by atoms with Crippen molar-refractivity contribution in [2.75, 3.05) is 0 Å². The summed E-state index contributed by atoms with van der Waals surface area (Å²) in [4.78, 5) is 0. The molecule has 368 valence electrons. The minimum absolute atomic E-state index is 0.146. The van der Waals surface area contributed by atoms with Gasteiger partial charge in [-0.15, -0.1) is 5.92 Å². The van der Waals surface area contributed by atoms with Crippen LogP contribution in [0.2, 0.25) is 0 Å². The largest absolute Gasteiger partial charge is 0.102 e. The van der Waals surface area contributed by atoms with Crippen LogP contribution in [0.4, 0.5) is 0 Å². The molecule has 62 heavy (non-hydrogen) atoms. The molecule has 0 fully saturated rings. The normalized spacial score (nSPS) is 13.7. The Morgan fingerprint density at radius 1 is 0.242 bits per heavy atom. The van der Waals surface area contributed by atoms with Gasteiger partial charge in [0.2, 0.25) is 0 Å². The zero-order valence-corrected chi connectivity index (χ0v) is 50.0. The van der Waals surface area contributed by atoms with Crippen molar-refractivity contribution in [3.05, 3.63) is 48.6 Å². The lowest BCUT2D eigenvalue weighted by atomic mass is 9.89. The lowest BCUT2D eigenvalue weighted by molar-refractivity contribution is 0.417. The van der Waals surface area contributed by atoms with E-state index in [9.17, 15) is 0 Å². The number of hydrogen-bond donors (Lipinski definition) is 0. The highest BCUT2D eigenvalue weighted by Gasteiger charge is 2.13. The first-order chi connectivity index (χ1) is 26.2. The van der Waals surface area contributed by atoms with Gasteiger partial charge in [-0.25, -0.2) is 0 Å². The van der Waals surface area contributed by atoms with Crippen molar-refractivity contribution in [3.8, 4) is 23.7 Å². The molecule has 0 aliphatic rings. The van der Waals surface area contributed by atoms with Gasteiger partial charge in [-0.1, -0.05) is 253 Å². The van der Waals surface area contributed by atoms with Gasteiger partial charge in [-0.3, -0.25) is 0 Å². The monoisotopic (exact) mass is 865 g/mol. The van der Waals surface area contributed by atoms with Gasteiger partial charge in [0.1, 0.15) is 0 Å². The molecule has 0 heteroatoms. The molecular weight excluding hydrogens is 745 g/mol. The van der Waals surface area contributed by atoms with Crippen molar-refractivity contribution >= 4 is 0 Å². The van der Waals surface area contributed by atoms with E-state index < -0.39 is 0 Å². The molecule has 0 spiro atoms. The Balaban J connectivity index is -0.000000152. The Bertz CT molecular complexity index is 1220. The van der Waals surface area contributed by atoms with Gasteiger partial charge in [-0.05, 0) is 117 Å². The van der Waals surface area contributed by atoms with Crippen LogP contribution in [-0.4, -0.2) is 0 Å². The zero-order chi connectivity index (χ0) is 51.9. The van der Waals surface area contributed by atoms with Crippen LogP contribution < -0.4 is 0 Å². The zero-order valence-electron chi connectivity index (χ0n) is 50.0. The minimum atomic E-state index is 0.146. The highest BCUT2D eigenvalue weighted by Crippen LogP contribution is 2.25. The van der Waals surface area contributed by atoms with Gasteiger partial charge in [0, 0.05) is 22.7 Å². The molecule has 0 saturated carbocycles. The van der Waals surface area contributed by atoms with Gasteiger partial charge in [0.05, 0.1) is 0 Å². The van der Waals surface area contributed by atoms with Crippen LogP contribution in [0.5, 0.6) is 0 Å². The molecule has 0 rings (SSSR count). The average Bonchev–Trinajstić information content (AvgIpc) is 2.89. The van der Waals surface area contributed by atoms with Crippen molar-refractivity contribution in [2.24, 2.45) is 65.0 Å². The maximum absolute atomic E-state index is 3.23. The van der Waals surface area contributed by atoms with E-state index in [2.05, 4.69) is 322 Å². The van der Waals surface area contributed by atoms with Gasteiger partial charge in [-0.2, -0.15) is 0 Å². The lowest BCUT2D eigenvalue weighted by Gasteiger charge is -2.17. The quantitative estimate of drug-likeness (QED) is 0.182. The molecular formula is C62H120. The molecule has 0 aliphatic heterocycles. The fourth-order valence-corrected chi connectivity index (χ4v) is 3.22. The van der Waals surface area contributed by atoms with Crippen molar-refractivity contribution in [3.63, 3.8) is 0 Å². The van der Waals surface area contributed by atoms with Crippen molar-refractivity contribution in [1.82, 2.24) is 0 Å². The predicted molar refractivity (Wildman–Crippen MR) is 295 cm³/mol. The summed E-state index contributed by atoms with van der Waals surface area (Å²) in [7, 11) is 0. The molecule has 0 bridgehead atoms. The summed E-state index contributed by atoms with van der Waals surface area (Å²) in [5.41, 5.74) is 3.53.